The molecule has 0 bridgehead atoms. The molecule has 0 aromatic rings. The van der Waals surface area contributed by atoms with Crippen molar-refractivity contribution in [3.8, 4) is 0 Å². The smallest absolute Gasteiger partial charge is 0.0858 e. The van der Waals surface area contributed by atoms with E-state index >= 15 is 0 Å². The Kier molecular flexibility index (Phi) is 2.16. The molecule has 0 saturated heterocycles. The molecule has 1 aliphatic heterocycles. The van der Waals surface area contributed by atoms with Crippen LogP contribution in [0.25, 0.3) is 0 Å². The second-order valence-electron chi connectivity index (χ2n) is 2.75. The molecular formula is C7H11NOS. The highest BCUT2D eigenvalue weighted by Crippen LogP contribution is 2.28. The van der Waals surface area contributed by atoms with Crippen molar-refractivity contribution in [2.24, 2.45) is 4.99 Å². The number of thioether (sulfide) groups is 1. The van der Waals surface area contributed by atoms with E-state index < -0.39 is 0 Å². The van der Waals surface area contributed by atoms with E-state index in [1.54, 1.807) is 11.8 Å². The van der Waals surface area contributed by atoms with Gasteiger partial charge in [-0.05, 0) is 19.3 Å². The summed E-state index contributed by atoms with van der Waals surface area (Å²) in [5.74, 6) is 0. The van der Waals surface area contributed by atoms with Crippen LogP contribution in [0.1, 0.15) is 13.8 Å². The number of aliphatic hydroxyl groups excluding tert-OH is 1. The van der Waals surface area contributed by atoms with Gasteiger partial charge < -0.3 is 5.11 Å². The van der Waals surface area contributed by atoms with Crippen molar-refractivity contribution in [2.45, 2.75) is 18.6 Å². The number of nitrogens with zero attached hydrogens (tertiary/aromatic N) is 1. The molecule has 56 valence electrons. The van der Waals surface area contributed by atoms with Gasteiger partial charge in [0, 0.05) is 11.0 Å². The lowest BCUT2D eigenvalue weighted by atomic mass is 10.2. The number of hydrogen-bond donors (Lipinski definition) is 1. The van der Waals surface area contributed by atoms with Gasteiger partial charge >= 0.3 is 0 Å². The maximum Gasteiger partial charge on any atom is 0.0858 e. The zero-order valence-electron chi connectivity index (χ0n) is 6.16. The fourth-order valence-electron chi connectivity index (χ4n) is 0.597. The Morgan fingerprint density at radius 3 is 2.80 bits per heavy atom. The van der Waals surface area contributed by atoms with Crippen LogP contribution in [-0.4, -0.2) is 22.7 Å². The van der Waals surface area contributed by atoms with Gasteiger partial charge in [-0.15, -0.1) is 11.8 Å². The molecule has 3 heteroatoms. The zero-order chi connectivity index (χ0) is 7.61. The van der Waals surface area contributed by atoms with E-state index in [4.69, 9.17) is 5.11 Å². The van der Waals surface area contributed by atoms with Gasteiger partial charge in [0.2, 0.25) is 0 Å². The third kappa shape index (κ3) is 1.85. The van der Waals surface area contributed by atoms with E-state index in [0.29, 0.717) is 0 Å². The van der Waals surface area contributed by atoms with Crippen molar-refractivity contribution in [3.05, 3.63) is 11.1 Å². The monoisotopic (exact) mass is 157 g/mol. The van der Waals surface area contributed by atoms with Gasteiger partial charge in [0.1, 0.15) is 0 Å². The molecule has 0 fully saturated rings. The lowest BCUT2D eigenvalue weighted by Gasteiger charge is -2.19. The third-order valence-electron chi connectivity index (χ3n) is 1.20. The van der Waals surface area contributed by atoms with Crippen LogP contribution in [0.2, 0.25) is 0 Å². The molecule has 10 heavy (non-hydrogen) atoms. The predicted octanol–water partition coefficient (Wildman–Crippen LogP) is 1.42. The second-order valence-corrected chi connectivity index (χ2v) is 4.27. The number of aliphatic imine (C=N–C) groups is 1. The molecule has 0 radical (unpaired) electrons. The average Bonchev–Trinajstić information content (AvgIpc) is 1.88. The van der Waals surface area contributed by atoms with Crippen LogP contribution in [0.4, 0.5) is 0 Å². The van der Waals surface area contributed by atoms with Crippen molar-refractivity contribution in [1.29, 1.82) is 0 Å². The Labute approximate surface area is 65.0 Å². The highest BCUT2D eigenvalue weighted by Gasteiger charge is 2.17. The molecule has 1 rings (SSSR count). The third-order valence-corrected chi connectivity index (χ3v) is 2.30. The van der Waals surface area contributed by atoms with Crippen molar-refractivity contribution in [3.63, 3.8) is 0 Å². The van der Waals surface area contributed by atoms with Gasteiger partial charge in [-0.25, -0.2) is 0 Å². The van der Waals surface area contributed by atoms with Gasteiger partial charge in [-0.3, -0.25) is 4.99 Å². The average molecular weight is 157 g/mol. The van der Waals surface area contributed by atoms with E-state index in [1.807, 2.05) is 11.6 Å². The van der Waals surface area contributed by atoms with Crippen LogP contribution >= 0.6 is 11.8 Å². The summed E-state index contributed by atoms with van der Waals surface area (Å²) < 4.78 is 0.0959. The van der Waals surface area contributed by atoms with Crippen molar-refractivity contribution in [1.82, 2.24) is 0 Å². The van der Waals surface area contributed by atoms with Gasteiger partial charge in [-0.2, -0.15) is 0 Å². The topological polar surface area (TPSA) is 32.6 Å². The second kappa shape index (κ2) is 2.76. The molecule has 1 N–H and O–H groups in total. The summed E-state index contributed by atoms with van der Waals surface area (Å²) in [6.45, 7) is 4.22. The number of aliphatic hydroxyl groups is 1. The van der Waals surface area contributed by atoms with Gasteiger partial charge in [0.25, 0.3) is 0 Å². The van der Waals surface area contributed by atoms with Crippen LogP contribution in [0, 0.1) is 0 Å². The van der Waals surface area contributed by atoms with Crippen LogP contribution in [0.5, 0.6) is 0 Å². The summed E-state index contributed by atoms with van der Waals surface area (Å²) in [4.78, 5) is 4.07. The number of hydrogen-bond acceptors (Lipinski definition) is 3. The van der Waals surface area contributed by atoms with Gasteiger partial charge in [0.05, 0.1) is 12.3 Å². The maximum absolute atomic E-state index is 8.67. The van der Waals surface area contributed by atoms with Gasteiger partial charge in [0.15, 0.2) is 0 Å². The van der Waals surface area contributed by atoms with E-state index in [-0.39, 0.29) is 11.4 Å². The van der Waals surface area contributed by atoms with Crippen LogP contribution < -0.4 is 0 Å². The minimum Gasteiger partial charge on any atom is -0.390 e. The Morgan fingerprint density at radius 2 is 2.40 bits per heavy atom. The molecule has 0 amide bonds. The molecule has 0 aromatic carbocycles. The molecule has 1 heterocycles. The fourth-order valence-corrected chi connectivity index (χ4v) is 1.29. The Bertz CT molecular complexity index is 184. The molecule has 0 atom stereocenters. The van der Waals surface area contributed by atoms with Crippen molar-refractivity contribution >= 4 is 18.0 Å². The molecular weight excluding hydrogens is 146 g/mol. The highest BCUT2D eigenvalue weighted by atomic mass is 32.2. The first-order valence-electron chi connectivity index (χ1n) is 3.17. The summed E-state index contributed by atoms with van der Waals surface area (Å²) in [5, 5.41) is 10.6. The zero-order valence-corrected chi connectivity index (χ0v) is 6.98. The van der Waals surface area contributed by atoms with Crippen LogP contribution in [0.15, 0.2) is 16.1 Å². The lowest BCUT2D eigenvalue weighted by Crippen LogP contribution is -2.18. The summed E-state index contributed by atoms with van der Waals surface area (Å²) in [5.41, 5.74) is 0.754. The fraction of sp³-hybridized carbons (Fsp3) is 0.571. The van der Waals surface area contributed by atoms with Crippen LogP contribution in [0.3, 0.4) is 0 Å². The summed E-state index contributed by atoms with van der Waals surface area (Å²) in [6, 6.07) is 0. The molecule has 0 spiro atoms. The Balaban J connectivity index is 2.63. The van der Waals surface area contributed by atoms with E-state index in [2.05, 4.69) is 18.8 Å². The predicted molar refractivity (Wildman–Crippen MR) is 45.3 cm³/mol. The maximum atomic E-state index is 8.67. The first kappa shape index (κ1) is 7.82. The largest absolute Gasteiger partial charge is 0.390 e. The summed E-state index contributed by atoms with van der Waals surface area (Å²) >= 11 is 1.68. The highest BCUT2D eigenvalue weighted by molar-refractivity contribution is 8.04. The Morgan fingerprint density at radius 1 is 1.70 bits per heavy atom. The molecule has 0 aromatic heterocycles. The van der Waals surface area contributed by atoms with E-state index in [9.17, 15) is 0 Å². The normalized spacial score (nSPS) is 22.5. The molecule has 2 nitrogen and oxygen atoms in total. The first-order chi connectivity index (χ1) is 4.64. The quantitative estimate of drug-likeness (QED) is 0.624. The molecule has 1 aliphatic rings. The van der Waals surface area contributed by atoms with Crippen LogP contribution in [-0.2, 0) is 0 Å². The van der Waals surface area contributed by atoms with Gasteiger partial charge in [-0.1, -0.05) is 0 Å². The van der Waals surface area contributed by atoms with Crippen molar-refractivity contribution < 1.29 is 5.11 Å². The summed E-state index contributed by atoms with van der Waals surface area (Å²) in [7, 11) is 0. The van der Waals surface area contributed by atoms with Crippen molar-refractivity contribution in [2.75, 3.05) is 6.61 Å². The lowest BCUT2D eigenvalue weighted by molar-refractivity contribution is 0.330. The Hall–Kier alpha value is -0.280. The standard InChI is InChI=1S/C7H11NOS/c1-7(2)5-8-6(3-9)4-10-7/h4-5,9H,3H2,1-2H3. The molecule has 0 aliphatic carbocycles. The number of rotatable bonds is 1. The first-order valence-corrected chi connectivity index (χ1v) is 4.05. The SMILES string of the molecule is CC1(C)C=NC(CO)=CS1. The minimum absolute atomic E-state index is 0.0413. The molecule has 0 unspecified atom stereocenters. The molecule has 0 saturated carbocycles. The van der Waals surface area contributed by atoms with E-state index in [1.165, 1.54) is 0 Å². The summed E-state index contributed by atoms with van der Waals surface area (Å²) in [6.07, 6.45) is 1.86. The van der Waals surface area contributed by atoms with E-state index in [0.717, 1.165) is 5.70 Å². The minimum atomic E-state index is 0.0413.